The van der Waals surface area contributed by atoms with Crippen LogP contribution in [0.3, 0.4) is 0 Å². The van der Waals surface area contributed by atoms with E-state index in [2.05, 4.69) is 4.98 Å². The summed E-state index contributed by atoms with van der Waals surface area (Å²) >= 11 is 0. The van der Waals surface area contributed by atoms with E-state index < -0.39 is 10.0 Å². The van der Waals surface area contributed by atoms with Crippen LogP contribution in [0.25, 0.3) is 0 Å². The molecule has 0 spiro atoms. The van der Waals surface area contributed by atoms with Gasteiger partial charge in [0.15, 0.2) is 0 Å². The van der Waals surface area contributed by atoms with Crippen LogP contribution in [0, 0.1) is 17.2 Å². The second-order valence-corrected chi connectivity index (χ2v) is 6.52. The fourth-order valence-electron chi connectivity index (χ4n) is 1.43. The Labute approximate surface area is 108 Å². The number of hydrogen-bond donors (Lipinski definition) is 0. The van der Waals surface area contributed by atoms with Gasteiger partial charge in [0.05, 0.1) is 5.56 Å². The van der Waals surface area contributed by atoms with E-state index in [0.29, 0.717) is 0 Å². The van der Waals surface area contributed by atoms with Gasteiger partial charge in [-0.3, -0.25) is 4.98 Å². The predicted octanol–water partition coefficient (Wildman–Crippen LogP) is 1.62. The van der Waals surface area contributed by atoms with E-state index in [1.54, 1.807) is 7.05 Å². The normalized spacial score (nSPS) is 13.6. The fourth-order valence-corrected chi connectivity index (χ4v) is 2.91. The Kier molecular flexibility index (Phi) is 4.43. The molecule has 1 aromatic heterocycles. The van der Waals surface area contributed by atoms with E-state index in [1.165, 1.54) is 22.8 Å². The summed E-state index contributed by atoms with van der Waals surface area (Å²) in [7, 11) is -2.06. The zero-order valence-corrected chi connectivity index (χ0v) is 11.8. The zero-order chi connectivity index (χ0) is 13.9. The summed E-state index contributed by atoms with van der Waals surface area (Å²) in [5.41, 5.74) is 0.238. The quantitative estimate of drug-likeness (QED) is 0.830. The lowest BCUT2D eigenvalue weighted by molar-refractivity contribution is 0.315. The number of rotatable bonds is 4. The molecule has 0 N–H and O–H groups in total. The maximum Gasteiger partial charge on any atom is 0.244 e. The smallest absolute Gasteiger partial charge is 0.244 e. The Morgan fingerprint density at radius 2 is 1.94 bits per heavy atom. The Hall–Kier alpha value is -1.45. The third-order valence-corrected chi connectivity index (χ3v) is 4.97. The summed E-state index contributed by atoms with van der Waals surface area (Å²) in [6.07, 6.45) is 2.60. The van der Waals surface area contributed by atoms with E-state index in [4.69, 9.17) is 5.26 Å². The first kappa shape index (κ1) is 14.6. The topological polar surface area (TPSA) is 74.1 Å². The summed E-state index contributed by atoms with van der Waals surface area (Å²) in [6, 6.07) is 3.10. The molecule has 0 amide bonds. The minimum atomic E-state index is -3.60. The van der Waals surface area contributed by atoms with Gasteiger partial charge < -0.3 is 0 Å². The maximum atomic E-state index is 12.3. The van der Waals surface area contributed by atoms with Crippen LogP contribution in [0.5, 0.6) is 0 Å². The Balaban J connectivity index is 3.18. The van der Waals surface area contributed by atoms with Gasteiger partial charge in [-0.25, -0.2) is 8.42 Å². The highest BCUT2D eigenvalue weighted by atomic mass is 32.2. The van der Waals surface area contributed by atoms with Crippen molar-refractivity contribution in [2.45, 2.75) is 31.7 Å². The molecule has 1 aromatic rings. The van der Waals surface area contributed by atoms with Crippen LogP contribution in [-0.4, -0.2) is 30.8 Å². The molecule has 98 valence electrons. The number of nitriles is 1. The van der Waals surface area contributed by atoms with E-state index in [0.717, 1.165) is 0 Å². The Morgan fingerprint density at radius 1 is 1.33 bits per heavy atom. The molecule has 0 aromatic carbocycles. The predicted molar refractivity (Wildman–Crippen MR) is 68.2 cm³/mol. The van der Waals surface area contributed by atoms with Crippen LogP contribution in [-0.2, 0) is 10.0 Å². The standard InChI is InChI=1S/C12H17N3O2S/c1-9(2)10(3)15(4)18(16,17)12-5-11(6-13)7-14-8-12/h5,7-10H,1-4H3. The van der Waals surface area contributed by atoms with Gasteiger partial charge in [0.1, 0.15) is 11.0 Å². The van der Waals surface area contributed by atoms with Crippen molar-refractivity contribution in [3.63, 3.8) is 0 Å². The lowest BCUT2D eigenvalue weighted by Crippen LogP contribution is -2.38. The summed E-state index contributed by atoms with van der Waals surface area (Å²) in [5.74, 6) is 0.205. The molecule has 0 saturated heterocycles. The Morgan fingerprint density at radius 3 is 2.44 bits per heavy atom. The first-order chi connectivity index (χ1) is 8.30. The highest BCUT2D eigenvalue weighted by molar-refractivity contribution is 7.89. The first-order valence-electron chi connectivity index (χ1n) is 5.64. The van der Waals surface area contributed by atoms with Crippen LogP contribution < -0.4 is 0 Å². The molecule has 0 aliphatic rings. The summed E-state index contributed by atoms with van der Waals surface area (Å²) in [6.45, 7) is 5.77. The molecule has 0 bridgehead atoms. The van der Waals surface area contributed by atoms with Gasteiger partial charge in [0.2, 0.25) is 10.0 Å². The first-order valence-corrected chi connectivity index (χ1v) is 7.08. The van der Waals surface area contributed by atoms with Crippen LogP contribution in [0.1, 0.15) is 26.3 Å². The second kappa shape index (κ2) is 5.46. The molecule has 0 aliphatic carbocycles. The molecule has 1 heterocycles. The zero-order valence-electron chi connectivity index (χ0n) is 11.0. The summed E-state index contributed by atoms with van der Waals surface area (Å²) in [4.78, 5) is 3.83. The van der Waals surface area contributed by atoms with Gasteiger partial charge in [0, 0.05) is 25.5 Å². The van der Waals surface area contributed by atoms with Crippen molar-refractivity contribution in [3.8, 4) is 6.07 Å². The van der Waals surface area contributed by atoms with Gasteiger partial charge in [-0.05, 0) is 18.9 Å². The minimum absolute atomic E-state index is 0.0524. The minimum Gasteiger partial charge on any atom is -0.262 e. The molecule has 0 saturated carbocycles. The lowest BCUT2D eigenvalue weighted by Gasteiger charge is -2.27. The molecule has 1 atom stereocenters. The highest BCUT2D eigenvalue weighted by Gasteiger charge is 2.27. The summed E-state index contributed by atoms with van der Waals surface area (Å²) in [5, 5.41) is 8.77. The van der Waals surface area contributed by atoms with E-state index >= 15 is 0 Å². The number of aromatic nitrogens is 1. The van der Waals surface area contributed by atoms with Gasteiger partial charge in [-0.1, -0.05) is 13.8 Å². The Bertz CT molecular complexity index is 561. The molecule has 6 heteroatoms. The number of nitrogens with zero attached hydrogens (tertiary/aromatic N) is 3. The van der Waals surface area contributed by atoms with Crippen molar-refractivity contribution in [2.75, 3.05) is 7.05 Å². The average molecular weight is 267 g/mol. The van der Waals surface area contributed by atoms with Crippen molar-refractivity contribution in [2.24, 2.45) is 5.92 Å². The lowest BCUT2D eigenvalue weighted by atomic mass is 10.1. The van der Waals surface area contributed by atoms with Gasteiger partial charge in [-0.2, -0.15) is 9.57 Å². The largest absolute Gasteiger partial charge is 0.262 e. The monoisotopic (exact) mass is 267 g/mol. The van der Waals surface area contributed by atoms with Crippen molar-refractivity contribution in [3.05, 3.63) is 24.0 Å². The maximum absolute atomic E-state index is 12.3. The molecule has 1 rings (SSSR count). The molecule has 0 fully saturated rings. The van der Waals surface area contributed by atoms with Gasteiger partial charge in [0.25, 0.3) is 0 Å². The van der Waals surface area contributed by atoms with Crippen molar-refractivity contribution < 1.29 is 8.42 Å². The van der Waals surface area contributed by atoms with E-state index in [1.807, 2.05) is 26.8 Å². The van der Waals surface area contributed by atoms with E-state index in [9.17, 15) is 8.42 Å². The van der Waals surface area contributed by atoms with Gasteiger partial charge in [-0.15, -0.1) is 0 Å². The third kappa shape index (κ3) is 2.86. The van der Waals surface area contributed by atoms with Crippen LogP contribution in [0.2, 0.25) is 0 Å². The van der Waals surface area contributed by atoms with Crippen molar-refractivity contribution in [1.29, 1.82) is 5.26 Å². The SMILES string of the molecule is CC(C)C(C)N(C)S(=O)(=O)c1cncc(C#N)c1. The van der Waals surface area contributed by atoms with Crippen LogP contribution in [0.15, 0.2) is 23.4 Å². The molecular formula is C12H17N3O2S. The number of pyridine rings is 1. The highest BCUT2D eigenvalue weighted by Crippen LogP contribution is 2.19. The molecule has 1 unspecified atom stereocenters. The van der Waals surface area contributed by atoms with Gasteiger partial charge >= 0.3 is 0 Å². The second-order valence-electron chi connectivity index (χ2n) is 4.53. The average Bonchev–Trinajstić information content (AvgIpc) is 2.36. The van der Waals surface area contributed by atoms with Crippen molar-refractivity contribution in [1.82, 2.24) is 9.29 Å². The molecule has 18 heavy (non-hydrogen) atoms. The number of hydrogen-bond acceptors (Lipinski definition) is 4. The third-order valence-electron chi connectivity index (χ3n) is 3.06. The number of sulfonamides is 1. The molecular weight excluding hydrogens is 250 g/mol. The molecule has 5 nitrogen and oxygen atoms in total. The fraction of sp³-hybridized carbons (Fsp3) is 0.500. The van der Waals surface area contributed by atoms with Crippen molar-refractivity contribution >= 4 is 10.0 Å². The van der Waals surface area contributed by atoms with E-state index in [-0.39, 0.29) is 22.4 Å². The molecule has 0 radical (unpaired) electrons. The molecule has 0 aliphatic heterocycles. The van der Waals surface area contributed by atoms with Crippen LogP contribution >= 0.6 is 0 Å². The van der Waals surface area contributed by atoms with Crippen LogP contribution in [0.4, 0.5) is 0 Å². The summed E-state index contributed by atoms with van der Waals surface area (Å²) < 4.78 is 26.0.